The second kappa shape index (κ2) is 5.96. The summed E-state index contributed by atoms with van der Waals surface area (Å²) in [6.45, 7) is 6.75. The summed E-state index contributed by atoms with van der Waals surface area (Å²) in [7, 11) is 0. The first kappa shape index (κ1) is 12.3. The summed E-state index contributed by atoms with van der Waals surface area (Å²) in [5.41, 5.74) is 1.93. The van der Waals surface area contributed by atoms with Crippen LogP contribution < -0.4 is 5.32 Å². The van der Waals surface area contributed by atoms with Crippen molar-refractivity contribution in [3.63, 3.8) is 0 Å². The zero-order valence-corrected chi connectivity index (χ0v) is 10.7. The summed E-state index contributed by atoms with van der Waals surface area (Å²) in [5.74, 6) is 1.62. The molecule has 4 heteroatoms. The molecule has 1 unspecified atom stereocenters. The third kappa shape index (κ3) is 3.66. The Labute approximate surface area is 103 Å². The van der Waals surface area contributed by atoms with Crippen LogP contribution in [0.15, 0.2) is 6.20 Å². The Morgan fingerprint density at radius 3 is 3.12 bits per heavy atom. The third-order valence-electron chi connectivity index (χ3n) is 3.18. The number of aromatic nitrogens is 2. The van der Waals surface area contributed by atoms with Crippen molar-refractivity contribution in [3.8, 4) is 0 Å². The minimum absolute atomic E-state index is 0.703. The summed E-state index contributed by atoms with van der Waals surface area (Å²) in [5, 5.41) is 3.37. The van der Waals surface area contributed by atoms with Crippen LogP contribution in [0, 0.1) is 19.8 Å². The van der Waals surface area contributed by atoms with E-state index in [4.69, 9.17) is 4.74 Å². The topological polar surface area (TPSA) is 47.0 Å². The lowest BCUT2D eigenvalue weighted by Crippen LogP contribution is -2.20. The molecule has 0 spiro atoms. The van der Waals surface area contributed by atoms with Crippen molar-refractivity contribution in [1.82, 2.24) is 9.97 Å². The number of anilines is 1. The molecule has 1 fully saturated rings. The van der Waals surface area contributed by atoms with Gasteiger partial charge in [-0.2, -0.15) is 0 Å². The van der Waals surface area contributed by atoms with Crippen molar-refractivity contribution in [1.29, 1.82) is 0 Å². The minimum atomic E-state index is 0.703. The fourth-order valence-electron chi connectivity index (χ4n) is 2.13. The van der Waals surface area contributed by atoms with Gasteiger partial charge in [0, 0.05) is 26.0 Å². The SMILES string of the molecule is Cc1cnc(C)c(NCCC2CCCOC2)n1. The summed E-state index contributed by atoms with van der Waals surface area (Å²) in [6, 6.07) is 0. The van der Waals surface area contributed by atoms with Gasteiger partial charge in [0.2, 0.25) is 0 Å². The number of aryl methyl sites for hydroxylation is 2. The number of rotatable bonds is 4. The van der Waals surface area contributed by atoms with Crippen molar-refractivity contribution in [2.45, 2.75) is 33.1 Å². The molecule has 1 aromatic rings. The molecule has 0 bridgehead atoms. The van der Waals surface area contributed by atoms with Gasteiger partial charge in [0.25, 0.3) is 0 Å². The highest BCUT2D eigenvalue weighted by molar-refractivity contribution is 5.39. The van der Waals surface area contributed by atoms with E-state index in [0.29, 0.717) is 5.92 Å². The number of ether oxygens (including phenoxy) is 1. The maximum absolute atomic E-state index is 5.47. The van der Waals surface area contributed by atoms with E-state index in [-0.39, 0.29) is 0 Å². The fraction of sp³-hybridized carbons (Fsp3) is 0.692. The van der Waals surface area contributed by atoms with Gasteiger partial charge in [-0.25, -0.2) is 4.98 Å². The van der Waals surface area contributed by atoms with Gasteiger partial charge >= 0.3 is 0 Å². The Morgan fingerprint density at radius 1 is 1.47 bits per heavy atom. The van der Waals surface area contributed by atoms with E-state index in [0.717, 1.165) is 43.4 Å². The number of nitrogens with zero attached hydrogens (tertiary/aromatic N) is 2. The molecule has 0 saturated carbocycles. The van der Waals surface area contributed by atoms with Crippen LogP contribution >= 0.6 is 0 Å². The van der Waals surface area contributed by atoms with E-state index < -0.39 is 0 Å². The first-order valence-electron chi connectivity index (χ1n) is 6.37. The molecule has 94 valence electrons. The molecule has 0 radical (unpaired) electrons. The summed E-state index contributed by atoms with van der Waals surface area (Å²) in [6.07, 6.45) is 5.44. The van der Waals surface area contributed by atoms with Crippen LogP contribution in [-0.4, -0.2) is 29.7 Å². The second-order valence-electron chi connectivity index (χ2n) is 4.74. The van der Waals surface area contributed by atoms with Crippen molar-refractivity contribution in [3.05, 3.63) is 17.6 Å². The molecule has 1 saturated heterocycles. The van der Waals surface area contributed by atoms with Crippen LogP contribution in [0.1, 0.15) is 30.7 Å². The van der Waals surface area contributed by atoms with Crippen LogP contribution in [0.3, 0.4) is 0 Å². The Bertz CT molecular complexity index is 362. The molecule has 17 heavy (non-hydrogen) atoms. The second-order valence-corrected chi connectivity index (χ2v) is 4.74. The van der Waals surface area contributed by atoms with E-state index in [1.54, 1.807) is 6.20 Å². The maximum Gasteiger partial charge on any atom is 0.147 e. The molecule has 2 heterocycles. The molecule has 1 aliphatic rings. The molecule has 1 N–H and O–H groups in total. The van der Waals surface area contributed by atoms with Crippen molar-refractivity contribution in [2.75, 3.05) is 25.1 Å². The summed E-state index contributed by atoms with van der Waals surface area (Å²) >= 11 is 0. The third-order valence-corrected chi connectivity index (χ3v) is 3.18. The average molecular weight is 235 g/mol. The minimum Gasteiger partial charge on any atom is -0.381 e. The van der Waals surface area contributed by atoms with Gasteiger partial charge in [-0.15, -0.1) is 0 Å². The van der Waals surface area contributed by atoms with Crippen LogP contribution in [0.2, 0.25) is 0 Å². The standard InChI is InChI=1S/C13H21N3O/c1-10-8-15-11(2)13(16-10)14-6-5-12-4-3-7-17-9-12/h8,12H,3-7,9H2,1-2H3,(H,14,16). The van der Waals surface area contributed by atoms with E-state index >= 15 is 0 Å². The average Bonchev–Trinajstić information content (AvgIpc) is 2.35. The molecule has 1 atom stereocenters. The lowest BCUT2D eigenvalue weighted by Gasteiger charge is -2.22. The fourth-order valence-corrected chi connectivity index (χ4v) is 2.13. The predicted octanol–water partition coefficient (Wildman–Crippen LogP) is 2.32. The smallest absolute Gasteiger partial charge is 0.147 e. The van der Waals surface area contributed by atoms with Crippen LogP contribution in [0.25, 0.3) is 0 Å². The summed E-state index contributed by atoms with van der Waals surface area (Å²) in [4.78, 5) is 8.74. The maximum atomic E-state index is 5.47. The Morgan fingerprint density at radius 2 is 2.35 bits per heavy atom. The predicted molar refractivity (Wildman–Crippen MR) is 68.2 cm³/mol. The Kier molecular flexibility index (Phi) is 4.31. The van der Waals surface area contributed by atoms with Crippen molar-refractivity contribution >= 4 is 5.82 Å². The number of hydrogen-bond donors (Lipinski definition) is 1. The molecule has 4 nitrogen and oxygen atoms in total. The quantitative estimate of drug-likeness (QED) is 0.870. The van der Waals surface area contributed by atoms with Crippen LogP contribution in [-0.2, 0) is 4.74 Å². The monoisotopic (exact) mass is 235 g/mol. The Hall–Kier alpha value is -1.16. The largest absolute Gasteiger partial charge is 0.381 e. The number of hydrogen-bond acceptors (Lipinski definition) is 4. The highest BCUT2D eigenvalue weighted by Gasteiger charge is 2.13. The lowest BCUT2D eigenvalue weighted by atomic mass is 9.99. The van der Waals surface area contributed by atoms with Gasteiger partial charge in [0.15, 0.2) is 0 Å². The highest BCUT2D eigenvalue weighted by Crippen LogP contribution is 2.17. The van der Waals surface area contributed by atoms with E-state index in [1.165, 1.54) is 12.8 Å². The number of nitrogens with one attached hydrogen (secondary N) is 1. The first-order chi connectivity index (χ1) is 8.25. The van der Waals surface area contributed by atoms with Gasteiger partial charge in [-0.1, -0.05) is 0 Å². The normalized spacial score (nSPS) is 20.2. The van der Waals surface area contributed by atoms with E-state index in [1.807, 2.05) is 13.8 Å². The van der Waals surface area contributed by atoms with Crippen molar-refractivity contribution < 1.29 is 4.74 Å². The molecular formula is C13H21N3O. The van der Waals surface area contributed by atoms with Gasteiger partial charge in [0.1, 0.15) is 5.82 Å². The molecule has 0 aromatic carbocycles. The van der Waals surface area contributed by atoms with E-state index in [2.05, 4.69) is 15.3 Å². The molecule has 2 rings (SSSR count). The highest BCUT2D eigenvalue weighted by atomic mass is 16.5. The van der Waals surface area contributed by atoms with Crippen molar-refractivity contribution in [2.24, 2.45) is 5.92 Å². The van der Waals surface area contributed by atoms with Gasteiger partial charge < -0.3 is 10.1 Å². The van der Waals surface area contributed by atoms with Gasteiger partial charge in [0.05, 0.1) is 11.4 Å². The molecule has 0 amide bonds. The molecule has 1 aliphatic heterocycles. The molecule has 1 aromatic heterocycles. The molecular weight excluding hydrogens is 214 g/mol. The lowest BCUT2D eigenvalue weighted by molar-refractivity contribution is 0.0530. The van der Waals surface area contributed by atoms with Gasteiger partial charge in [-0.05, 0) is 39.0 Å². The zero-order valence-electron chi connectivity index (χ0n) is 10.7. The summed E-state index contributed by atoms with van der Waals surface area (Å²) < 4.78 is 5.47. The van der Waals surface area contributed by atoms with Crippen LogP contribution in [0.4, 0.5) is 5.82 Å². The first-order valence-corrected chi connectivity index (χ1v) is 6.37. The van der Waals surface area contributed by atoms with E-state index in [9.17, 15) is 0 Å². The van der Waals surface area contributed by atoms with Gasteiger partial charge in [-0.3, -0.25) is 4.98 Å². The molecule has 0 aliphatic carbocycles. The van der Waals surface area contributed by atoms with Crippen LogP contribution in [0.5, 0.6) is 0 Å². The zero-order chi connectivity index (χ0) is 12.1. The Balaban J connectivity index is 1.79.